The van der Waals surface area contributed by atoms with Gasteiger partial charge in [0, 0.05) is 19.1 Å². The van der Waals surface area contributed by atoms with E-state index < -0.39 is 10.0 Å². The maximum absolute atomic E-state index is 12.3. The van der Waals surface area contributed by atoms with Crippen LogP contribution in [0, 0.1) is 0 Å². The Morgan fingerprint density at radius 2 is 2.07 bits per heavy atom. The zero-order chi connectivity index (χ0) is 18.7. The SMILES string of the molecule is O=S(=O)(NC1CCN(CCOc2cccc3c2CCCC3)C1)c1cccs1. The van der Waals surface area contributed by atoms with Crippen LogP contribution in [0.25, 0.3) is 0 Å². The van der Waals surface area contributed by atoms with Gasteiger partial charge in [0.25, 0.3) is 0 Å². The molecule has 0 radical (unpaired) electrons. The number of nitrogens with zero attached hydrogens (tertiary/aromatic N) is 1. The highest BCUT2D eigenvalue weighted by atomic mass is 32.2. The largest absolute Gasteiger partial charge is 0.492 e. The topological polar surface area (TPSA) is 58.6 Å². The first-order chi connectivity index (χ1) is 13.1. The van der Waals surface area contributed by atoms with Gasteiger partial charge in [0.1, 0.15) is 16.6 Å². The molecule has 1 aromatic carbocycles. The van der Waals surface area contributed by atoms with Crippen LogP contribution < -0.4 is 9.46 Å². The second-order valence-corrected chi connectivity index (χ2v) is 10.2. The fourth-order valence-electron chi connectivity index (χ4n) is 3.99. The van der Waals surface area contributed by atoms with Crippen molar-refractivity contribution < 1.29 is 13.2 Å². The molecule has 1 unspecified atom stereocenters. The number of nitrogens with one attached hydrogen (secondary N) is 1. The van der Waals surface area contributed by atoms with Gasteiger partial charge in [-0.1, -0.05) is 18.2 Å². The Hall–Kier alpha value is -1.41. The highest BCUT2D eigenvalue weighted by molar-refractivity contribution is 7.91. The molecule has 1 aliphatic heterocycles. The summed E-state index contributed by atoms with van der Waals surface area (Å²) < 4.78 is 34.0. The Bertz CT molecular complexity index is 865. The predicted molar refractivity (Wildman–Crippen MR) is 108 cm³/mol. The van der Waals surface area contributed by atoms with Gasteiger partial charge < -0.3 is 4.74 Å². The maximum Gasteiger partial charge on any atom is 0.250 e. The molecular weight excluding hydrogens is 380 g/mol. The molecule has 5 nitrogen and oxygen atoms in total. The minimum Gasteiger partial charge on any atom is -0.492 e. The lowest BCUT2D eigenvalue weighted by molar-refractivity contribution is 0.233. The van der Waals surface area contributed by atoms with Crippen molar-refractivity contribution in [3.8, 4) is 5.75 Å². The maximum atomic E-state index is 12.3. The van der Waals surface area contributed by atoms with Crippen molar-refractivity contribution in [3.63, 3.8) is 0 Å². The molecule has 4 rings (SSSR count). The fourth-order valence-corrected chi connectivity index (χ4v) is 6.26. The average molecular weight is 407 g/mol. The van der Waals surface area contributed by atoms with E-state index >= 15 is 0 Å². The fraction of sp³-hybridized carbons (Fsp3) is 0.500. The van der Waals surface area contributed by atoms with Crippen molar-refractivity contribution in [3.05, 3.63) is 46.8 Å². The third kappa shape index (κ3) is 4.54. The van der Waals surface area contributed by atoms with E-state index in [1.54, 1.807) is 17.5 Å². The second kappa shape index (κ2) is 8.31. The van der Waals surface area contributed by atoms with Gasteiger partial charge in [-0.05, 0) is 67.3 Å². The van der Waals surface area contributed by atoms with Crippen molar-refractivity contribution in [1.82, 2.24) is 9.62 Å². The number of likely N-dealkylation sites (tertiary alicyclic amines) is 1. The number of rotatable bonds is 7. The molecule has 1 saturated heterocycles. The number of benzene rings is 1. The Balaban J connectivity index is 1.26. The minimum atomic E-state index is -3.39. The van der Waals surface area contributed by atoms with Gasteiger partial charge in [-0.25, -0.2) is 13.1 Å². The molecule has 27 heavy (non-hydrogen) atoms. The Labute approximate surface area is 165 Å². The highest BCUT2D eigenvalue weighted by Gasteiger charge is 2.27. The standard InChI is InChI=1S/C20H26N2O3S2/c23-27(24,20-9-4-14-26-20)21-17-10-11-22(15-17)12-13-25-19-8-3-6-16-5-1-2-7-18(16)19/h3-4,6,8-9,14,17,21H,1-2,5,7,10-13,15H2. The van der Waals surface area contributed by atoms with Crippen LogP contribution in [0.1, 0.15) is 30.4 Å². The first kappa shape index (κ1) is 18.9. The summed E-state index contributed by atoms with van der Waals surface area (Å²) in [6, 6.07) is 9.76. The van der Waals surface area contributed by atoms with Crippen LogP contribution in [0.3, 0.4) is 0 Å². The third-order valence-corrected chi connectivity index (χ3v) is 8.29. The molecule has 0 amide bonds. The lowest BCUT2D eigenvalue weighted by Gasteiger charge is -2.21. The molecule has 1 aliphatic carbocycles. The summed E-state index contributed by atoms with van der Waals surface area (Å²) in [5, 5.41) is 1.79. The van der Waals surface area contributed by atoms with E-state index in [-0.39, 0.29) is 6.04 Å². The molecular formula is C20H26N2O3S2. The quantitative estimate of drug-likeness (QED) is 0.768. The van der Waals surface area contributed by atoms with Gasteiger partial charge in [0.05, 0.1) is 0 Å². The number of sulfonamides is 1. The molecule has 1 N–H and O–H groups in total. The van der Waals surface area contributed by atoms with E-state index in [4.69, 9.17) is 4.74 Å². The van der Waals surface area contributed by atoms with Crippen LogP contribution in [-0.4, -0.2) is 45.6 Å². The zero-order valence-electron chi connectivity index (χ0n) is 15.4. The summed E-state index contributed by atoms with van der Waals surface area (Å²) >= 11 is 1.25. The smallest absolute Gasteiger partial charge is 0.250 e. The Morgan fingerprint density at radius 3 is 2.93 bits per heavy atom. The lowest BCUT2D eigenvalue weighted by atomic mass is 9.91. The minimum absolute atomic E-state index is 0.0263. The van der Waals surface area contributed by atoms with Gasteiger partial charge in [0.2, 0.25) is 10.0 Å². The molecule has 0 saturated carbocycles. The van der Waals surface area contributed by atoms with Crippen LogP contribution >= 0.6 is 11.3 Å². The van der Waals surface area contributed by atoms with Crippen LogP contribution in [0.2, 0.25) is 0 Å². The van der Waals surface area contributed by atoms with E-state index in [0.717, 1.165) is 44.6 Å². The van der Waals surface area contributed by atoms with Crippen LogP contribution in [0.5, 0.6) is 5.75 Å². The zero-order valence-corrected chi connectivity index (χ0v) is 17.0. The van der Waals surface area contributed by atoms with Crippen molar-refractivity contribution in [2.75, 3.05) is 26.2 Å². The summed E-state index contributed by atoms with van der Waals surface area (Å²) in [5.41, 5.74) is 2.81. The van der Waals surface area contributed by atoms with E-state index in [1.165, 1.54) is 35.3 Å². The second-order valence-electron chi connectivity index (χ2n) is 7.29. The van der Waals surface area contributed by atoms with Gasteiger partial charge in [-0.3, -0.25) is 4.90 Å². The first-order valence-corrected chi connectivity index (χ1v) is 12.0. The van der Waals surface area contributed by atoms with Gasteiger partial charge in [-0.2, -0.15) is 0 Å². The van der Waals surface area contributed by atoms with Crippen molar-refractivity contribution in [2.45, 2.75) is 42.4 Å². The van der Waals surface area contributed by atoms with Gasteiger partial charge in [0.15, 0.2) is 0 Å². The van der Waals surface area contributed by atoms with Crippen molar-refractivity contribution >= 4 is 21.4 Å². The van der Waals surface area contributed by atoms with Crippen molar-refractivity contribution in [1.29, 1.82) is 0 Å². The first-order valence-electron chi connectivity index (χ1n) is 9.63. The molecule has 7 heteroatoms. The summed E-state index contributed by atoms with van der Waals surface area (Å²) in [6.07, 6.45) is 5.62. The number of aryl methyl sites for hydroxylation is 1. The molecule has 2 heterocycles. The molecule has 1 atom stereocenters. The normalized spacial score (nSPS) is 20.5. The van der Waals surface area contributed by atoms with E-state index in [2.05, 4.69) is 27.8 Å². The number of hydrogen-bond donors (Lipinski definition) is 1. The molecule has 2 aromatic rings. The van der Waals surface area contributed by atoms with Gasteiger partial charge in [-0.15, -0.1) is 11.3 Å². The highest BCUT2D eigenvalue weighted by Crippen LogP contribution is 2.29. The summed E-state index contributed by atoms with van der Waals surface area (Å²) in [6.45, 7) is 3.09. The third-order valence-electron chi connectivity index (χ3n) is 5.37. The number of hydrogen-bond acceptors (Lipinski definition) is 5. The molecule has 0 spiro atoms. The average Bonchev–Trinajstić information content (AvgIpc) is 3.34. The van der Waals surface area contributed by atoms with E-state index in [0.29, 0.717) is 10.8 Å². The molecule has 0 bridgehead atoms. The number of ether oxygens (including phenoxy) is 1. The Kier molecular flexibility index (Phi) is 5.82. The van der Waals surface area contributed by atoms with Crippen LogP contribution in [0.15, 0.2) is 39.9 Å². The van der Waals surface area contributed by atoms with E-state index in [1.807, 2.05) is 0 Å². The predicted octanol–water partition coefficient (Wildman–Crippen LogP) is 3.06. The summed E-state index contributed by atoms with van der Waals surface area (Å²) in [5.74, 6) is 1.03. The van der Waals surface area contributed by atoms with E-state index in [9.17, 15) is 8.42 Å². The molecule has 2 aliphatic rings. The summed E-state index contributed by atoms with van der Waals surface area (Å²) in [4.78, 5) is 2.27. The molecule has 146 valence electrons. The Morgan fingerprint density at radius 1 is 1.19 bits per heavy atom. The molecule has 1 fully saturated rings. The lowest BCUT2D eigenvalue weighted by Crippen LogP contribution is -2.37. The summed E-state index contributed by atoms with van der Waals surface area (Å²) in [7, 11) is -3.39. The number of fused-ring (bicyclic) bond motifs is 1. The number of thiophene rings is 1. The molecule has 1 aromatic heterocycles. The van der Waals surface area contributed by atoms with Crippen molar-refractivity contribution in [2.24, 2.45) is 0 Å². The van der Waals surface area contributed by atoms with Gasteiger partial charge >= 0.3 is 0 Å². The van der Waals surface area contributed by atoms with Crippen LogP contribution in [0.4, 0.5) is 0 Å². The van der Waals surface area contributed by atoms with Crippen LogP contribution in [-0.2, 0) is 22.9 Å². The monoisotopic (exact) mass is 406 g/mol.